The van der Waals surface area contributed by atoms with Crippen LogP contribution in [0, 0.1) is 5.82 Å². The van der Waals surface area contributed by atoms with Gasteiger partial charge in [0, 0.05) is 36.8 Å². The van der Waals surface area contributed by atoms with E-state index in [0.29, 0.717) is 39.0 Å². The summed E-state index contributed by atoms with van der Waals surface area (Å²) in [4.78, 5) is 16.5. The summed E-state index contributed by atoms with van der Waals surface area (Å²) in [6.45, 7) is 3.61. The van der Waals surface area contributed by atoms with Crippen molar-refractivity contribution in [2.45, 2.75) is 32.0 Å². The van der Waals surface area contributed by atoms with Crippen molar-refractivity contribution in [2.24, 2.45) is 0 Å². The molecule has 1 saturated heterocycles. The number of thiazole rings is 1. The zero-order chi connectivity index (χ0) is 17.7. The van der Waals surface area contributed by atoms with Crippen LogP contribution in [0.4, 0.5) is 4.39 Å². The minimum atomic E-state index is -0.577. The minimum absolute atomic E-state index is 0.0138. The monoisotopic (exact) mass is 364 g/mol. The molecule has 2 heterocycles. The predicted molar refractivity (Wildman–Crippen MR) is 93.8 cm³/mol. The van der Waals surface area contributed by atoms with Gasteiger partial charge in [-0.2, -0.15) is 0 Å². The standard InChI is InChI=1S/C18H21FN2O3S/c1-18(23-10-11-24-18)8-9-20-16(22)6-7-17-21-15(12-25-17)13-2-4-14(19)5-3-13/h2-5,12H,6-11H2,1H3,(H,20,22). The highest BCUT2D eigenvalue weighted by Crippen LogP contribution is 2.23. The molecule has 0 radical (unpaired) electrons. The first-order valence-electron chi connectivity index (χ1n) is 8.29. The van der Waals surface area contributed by atoms with Crippen LogP contribution in [0.1, 0.15) is 24.8 Å². The lowest BCUT2D eigenvalue weighted by atomic mass is 10.2. The molecule has 3 rings (SSSR count). The lowest BCUT2D eigenvalue weighted by Gasteiger charge is -2.22. The average Bonchev–Trinajstić information content (AvgIpc) is 3.23. The average molecular weight is 364 g/mol. The number of aromatic nitrogens is 1. The second-order valence-corrected chi connectivity index (χ2v) is 7.01. The van der Waals surface area contributed by atoms with Gasteiger partial charge in [-0.3, -0.25) is 4.79 Å². The number of nitrogens with zero attached hydrogens (tertiary/aromatic N) is 1. The summed E-state index contributed by atoms with van der Waals surface area (Å²) in [5.41, 5.74) is 1.68. The van der Waals surface area contributed by atoms with Gasteiger partial charge < -0.3 is 14.8 Å². The van der Waals surface area contributed by atoms with E-state index < -0.39 is 5.79 Å². The highest BCUT2D eigenvalue weighted by Gasteiger charge is 2.30. The van der Waals surface area contributed by atoms with E-state index in [4.69, 9.17) is 9.47 Å². The number of rotatable bonds is 7. The van der Waals surface area contributed by atoms with Gasteiger partial charge in [0.15, 0.2) is 5.79 Å². The number of hydrogen-bond donors (Lipinski definition) is 1. The van der Waals surface area contributed by atoms with E-state index in [9.17, 15) is 9.18 Å². The van der Waals surface area contributed by atoms with Crippen molar-refractivity contribution in [2.75, 3.05) is 19.8 Å². The first-order valence-corrected chi connectivity index (χ1v) is 9.17. The first kappa shape index (κ1) is 18.0. The maximum Gasteiger partial charge on any atom is 0.220 e. The zero-order valence-corrected chi connectivity index (χ0v) is 14.9. The number of nitrogens with one attached hydrogen (secondary N) is 1. The molecule has 0 spiro atoms. The van der Waals surface area contributed by atoms with Crippen molar-refractivity contribution in [1.82, 2.24) is 10.3 Å². The van der Waals surface area contributed by atoms with Crippen molar-refractivity contribution in [3.05, 3.63) is 40.5 Å². The molecule has 0 aliphatic carbocycles. The molecule has 0 unspecified atom stereocenters. The van der Waals surface area contributed by atoms with E-state index >= 15 is 0 Å². The highest BCUT2D eigenvalue weighted by atomic mass is 32.1. The number of carbonyl (C=O) groups is 1. The van der Waals surface area contributed by atoms with Gasteiger partial charge in [-0.15, -0.1) is 11.3 Å². The van der Waals surface area contributed by atoms with Gasteiger partial charge in [0.2, 0.25) is 5.91 Å². The molecule has 7 heteroatoms. The van der Waals surface area contributed by atoms with Crippen molar-refractivity contribution in [3.8, 4) is 11.3 Å². The summed E-state index contributed by atoms with van der Waals surface area (Å²) >= 11 is 1.51. The lowest BCUT2D eigenvalue weighted by molar-refractivity contribution is -0.146. The lowest BCUT2D eigenvalue weighted by Crippen LogP contribution is -2.33. The van der Waals surface area contributed by atoms with Crippen molar-refractivity contribution in [1.29, 1.82) is 0 Å². The Morgan fingerprint density at radius 3 is 2.76 bits per heavy atom. The quantitative estimate of drug-likeness (QED) is 0.820. The third kappa shape index (κ3) is 5.07. The summed E-state index contributed by atoms with van der Waals surface area (Å²) in [6.07, 6.45) is 1.60. The molecular formula is C18H21FN2O3S. The number of amides is 1. The Hall–Kier alpha value is -1.83. The predicted octanol–water partition coefficient (Wildman–Crippen LogP) is 3.15. The molecule has 25 heavy (non-hydrogen) atoms. The smallest absolute Gasteiger partial charge is 0.220 e. The Morgan fingerprint density at radius 1 is 1.32 bits per heavy atom. The number of carbonyl (C=O) groups excluding carboxylic acids is 1. The van der Waals surface area contributed by atoms with Gasteiger partial charge in [0.1, 0.15) is 5.82 Å². The number of hydrogen-bond acceptors (Lipinski definition) is 5. The molecule has 0 bridgehead atoms. The molecule has 0 atom stereocenters. The number of benzene rings is 1. The third-order valence-corrected chi connectivity index (χ3v) is 4.97. The van der Waals surface area contributed by atoms with Gasteiger partial charge in [0.25, 0.3) is 0 Å². The summed E-state index contributed by atoms with van der Waals surface area (Å²) in [7, 11) is 0. The molecule has 1 fully saturated rings. The van der Waals surface area contributed by atoms with E-state index in [-0.39, 0.29) is 11.7 Å². The zero-order valence-electron chi connectivity index (χ0n) is 14.1. The Bertz CT molecular complexity index is 711. The van der Waals surface area contributed by atoms with Gasteiger partial charge in [-0.1, -0.05) is 0 Å². The second kappa shape index (κ2) is 8.03. The van der Waals surface area contributed by atoms with E-state index in [1.54, 1.807) is 12.1 Å². The fraction of sp³-hybridized carbons (Fsp3) is 0.444. The number of aryl methyl sites for hydroxylation is 1. The Labute approximate surface area is 150 Å². The maximum atomic E-state index is 13.0. The first-order chi connectivity index (χ1) is 12.0. The van der Waals surface area contributed by atoms with Crippen LogP contribution in [-0.2, 0) is 20.7 Å². The summed E-state index contributed by atoms with van der Waals surface area (Å²) < 4.78 is 24.0. The van der Waals surface area contributed by atoms with Crippen molar-refractivity contribution in [3.63, 3.8) is 0 Å². The molecule has 0 saturated carbocycles. The van der Waals surface area contributed by atoms with E-state index in [1.165, 1.54) is 23.5 Å². The van der Waals surface area contributed by atoms with Crippen LogP contribution in [0.15, 0.2) is 29.6 Å². The van der Waals surface area contributed by atoms with Gasteiger partial charge in [-0.25, -0.2) is 9.37 Å². The van der Waals surface area contributed by atoms with Gasteiger partial charge >= 0.3 is 0 Å². The van der Waals surface area contributed by atoms with Gasteiger partial charge in [-0.05, 0) is 31.2 Å². The van der Waals surface area contributed by atoms with E-state index in [1.807, 2.05) is 12.3 Å². The molecule has 1 aliphatic heterocycles. The molecule has 1 aromatic carbocycles. The minimum Gasteiger partial charge on any atom is -0.356 e. The van der Waals surface area contributed by atoms with Crippen LogP contribution in [0.2, 0.25) is 0 Å². The molecule has 1 N–H and O–H groups in total. The topological polar surface area (TPSA) is 60.5 Å². The molecule has 1 amide bonds. The third-order valence-electron chi connectivity index (χ3n) is 4.06. The molecule has 5 nitrogen and oxygen atoms in total. The largest absolute Gasteiger partial charge is 0.356 e. The highest BCUT2D eigenvalue weighted by molar-refractivity contribution is 7.09. The molecule has 1 aliphatic rings. The molecule has 1 aromatic heterocycles. The maximum absolute atomic E-state index is 13.0. The fourth-order valence-corrected chi connectivity index (χ4v) is 3.43. The van der Waals surface area contributed by atoms with Crippen LogP contribution in [0.25, 0.3) is 11.3 Å². The molecule has 2 aromatic rings. The number of halogens is 1. The van der Waals surface area contributed by atoms with Crippen molar-refractivity contribution < 1.29 is 18.7 Å². The Balaban J connectivity index is 1.42. The number of ether oxygens (including phenoxy) is 2. The van der Waals surface area contributed by atoms with Crippen LogP contribution < -0.4 is 5.32 Å². The SMILES string of the molecule is CC1(CCNC(=O)CCc2nc(-c3ccc(F)cc3)cs2)OCCO1. The molecular weight excluding hydrogens is 343 g/mol. The van der Waals surface area contributed by atoms with Crippen LogP contribution in [0.3, 0.4) is 0 Å². The second-order valence-electron chi connectivity index (χ2n) is 6.06. The van der Waals surface area contributed by atoms with Crippen LogP contribution in [-0.4, -0.2) is 36.4 Å². The summed E-state index contributed by atoms with van der Waals surface area (Å²) in [6, 6.07) is 6.24. The van der Waals surface area contributed by atoms with E-state index in [0.717, 1.165) is 16.3 Å². The van der Waals surface area contributed by atoms with Gasteiger partial charge in [0.05, 0.1) is 23.9 Å². The molecule has 134 valence electrons. The van der Waals surface area contributed by atoms with Crippen LogP contribution >= 0.6 is 11.3 Å². The summed E-state index contributed by atoms with van der Waals surface area (Å²) in [5, 5.41) is 5.71. The Kier molecular flexibility index (Phi) is 5.78. The van der Waals surface area contributed by atoms with Crippen molar-refractivity contribution >= 4 is 17.2 Å². The Morgan fingerprint density at radius 2 is 2.04 bits per heavy atom. The normalized spacial score (nSPS) is 16.1. The summed E-state index contributed by atoms with van der Waals surface area (Å²) in [5.74, 6) is -0.856. The van der Waals surface area contributed by atoms with Crippen LogP contribution in [0.5, 0.6) is 0 Å². The fourth-order valence-electron chi connectivity index (χ4n) is 2.62. The van der Waals surface area contributed by atoms with E-state index in [2.05, 4.69) is 10.3 Å².